The number of amides is 2. The summed E-state index contributed by atoms with van der Waals surface area (Å²) in [6, 6.07) is 8.68. The molecular weight excluding hydrogens is 588 g/mol. The van der Waals surface area contributed by atoms with Crippen molar-refractivity contribution >= 4 is 33.9 Å². The second-order valence-electron chi connectivity index (χ2n) is 14.0. The Labute approximate surface area is 266 Å². The number of fused-ring (bicyclic) bond motifs is 5. The van der Waals surface area contributed by atoms with Gasteiger partial charge in [-0.1, -0.05) is 12.8 Å². The molecule has 46 heavy (non-hydrogen) atoms. The number of rotatable bonds is 3. The largest absolute Gasteiger partial charge is 0.348 e. The van der Waals surface area contributed by atoms with Crippen LogP contribution in [0.25, 0.3) is 33.6 Å². The molecular formula is C35H41F2N7O2. The zero-order valence-corrected chi connectivity index (χ0v) is 26.4. The number of carbonyl (C=O) groups is 2. The molecule has 2 amide bonds. The van der Waals surface area contributed by atoms with Gasteiger partial charge in [0.1, 0.15) is 22.6 Å². The van der Waals surface area contributed by atoms with E-state index in [4.69, 9.17) is 15.7 Å². The molecule has 8 rings (SSSR count). The molecule has 0 spiro atoms. The molecule has 11 heteroatoms. The van der Waals surface area contributed by atoms with Gasteiger partial charge in [-0.15, -0.1) is 0 Å². The van der Waals surface area contributed by atoms with Crippen LogP contribution in [0.15, 0.2) is 30.3 Å². The van der Waals surface area contributed by atoms with Gasteiger partial charge in [0.05, 0.1) is 28.9 Å². The number of likely N-dealkylation sites (tertiary alicyclic amines) is 1. The topological polar surface area (TPSA) is 111 Å². The first-order chi connectivity index (χ1) is 22.1. The van der Waals surface area contributed by atoms with Gasteiger partial charge in [0.25, 0.3) is 5.91 Å². The van der Waals surface area contributed by atoms with Crippen LogP contribution in [-0.2, 0) is 17.9 Å². The quantitative estimate of drug-likeness (QED) is 0.305. The third kappa shape index (κ3) is 4.72. The Morgan fingerprint density at radius 2 is 2.00 bits per heavy atom. The van der Waals surface area contributed by atoms with E-state index in [2.05, 4.69) is 9.88 Å². The number of carbonyl (C=O) groups excluding carboxylic acids is 2. The molecule has 2 aliphatic heterocycles. The molecule has 5 heterocycles. The second kappa shape index (κ2) is 10.9. The van der Waals surface area contributed by atoms with Gasteiger partial charge in [0, 0.05) is 42.7 Å². The van der Waals surface area contributed by atoms with Gasteiger partial charge in [-0.25, -0.2) is 18.7 Å². The summed E-state index contributed by atoms with van der Waals surface area (Å²) in [5, 5.41) is 3.89. The first-order valence-corrected chi connectivity index (χ1v) is 16.9. The highest BCUT2D eigenvalue weighted by molar-refractivity contribution is 5.98. The summed E-state index contributed by atoms with van der Waals surface area (Å²) in [5.41, 5.74) is 8.32. The number of aryl methyl sites for hydroxylation is 2. The van der Waals surface area contributed by atoms with Gasteiger partial charge in [0.15, 0.2) is 5.82 Å². The Bertz CT molecular complexity index is 1880. The maximum absolute atomic E-state index is 16.0. The lowest BCUT2D eigenvalue weighted by Crippen LogP contribution is -2.51. The highest BCUT2D eigenvalue weighted by atomic mass is 19.1. The summed E-state index contributed by atoms with van der Waals surface area (Å²) < 4.78 is 35.2. The Balaban J connectivity index is 1.19. The van der Waals surface area contributed by atoms with E-state index in [1.54, 1.807) is 6.07 Å². The van der Waals surface area contributed by atoms with Gasteiger partial charge in [-0.3, -0.25) is 9.59 Å². The Morgan fingerprint density at radius 1 is 1.15 bits per heavy atom. The Kier molecular flexibility index (Phi) is 6.97. The lowest BCUT2D eigenvalue weighted by atomic mass is 9.94. The molecule has 3 fully saturated rings. The normalized spacial score (nSPS) is 29.6. The summed E-state index contributed by atoms with van der Waals surface area (Å²) >= 11 is 0. The minimum absolute atomic E-state index is 0.0518. The summed E-state index contributed by atoms with van der Waals surface area (Å²) in [6.07, 6.45) is 5.84. The highest BCUT2D eigenvalue weighted by Crippen LogP contribution is 2.51. The van der Waals surface area contributed by atoms with Crippen molar-refractivity contribution in [2.75, 3.05) is 6.54 Å². The molecule has 3 aromatic heterocycles. The maximum atomic E-state index is 16.0. The summed E-state index contributed by atoms with van der Waals surface area (Å²) in [6.45, 7) is 5.43. The van der Waals surface area contributed by atoms with Crippen LogP contribution in [0.5, 0.6) is 0 Å². The van der Waals surface area contributed by atoms with Crippen LogP contribution < -0.4 is 11.1 Å². The van der Waals surface area contributed by atoms with Crippen LogP contribution in [0, 0.1) is 17.7 Å². The zero-order valence-electron chi connectivity index (χ0n) is 26.4. The van der Waals surface area contributed by atoms with Gasteiger partial charge < -0.3 is 25.1 Å². The highest BCUT2D eigenvalue weighted by Gasteiger charge is 2.59. The van der Waals surface area contributed by atoms with E-state index in [-0.39, 0.29) is 36.4 Å². The van der Waals surface area contributed by atoms with Crippen molar-refractivity contribution in [3.8, 4) is 11.5 Å². The summed E-state index contributed by atoms with van der Waals surface area (Å²) in [4.78, 5) is 38.3. The van der Waals surface area contributed by atoms with Crippen LogP contribution in [0.4, 0.5) is 8.78 Å². The number of benzene rings is 1. The van der Waals surface area contributed by atoms with E-state index in [0.29, 0.717) is 66.5 Å². The molecule has 0 radical (unpaired) electrons. The molecule has 3 N–H and O–H groups in total. The lowest BCUT2D eigenvalue weighted by molar-refractivity contribution is -0.124. The van der Waals surface area contributed by atoms with E-state index >= 15 is 8.78 Å². The molecule has 2 saturated carbocycles. The number of aromatic nitrogens is 4. The zero-order chi connectivity index (χ0) is 31.9. The fourth-order valence-corrected chi connectivity index (χ4v) is 8.38. The molecule has 1 saturated heterocycles. The molecule has 6 atom stereocenters. The average molecular weight is 630 g/mol. The number of hydrogen-bond donors (Lipinski definition) is 2. The number of hydrogen-bond acceptors (Lipinski definition) is 5. The number of nitrogens with zero attached hydrogens (tertiary/aromatic N) is 5. The summed E-state index contributed by atoms with van der Waals surface area (Å²) in [7, 11) is 0. The molecule has 4 bridgehead atoms. The first-order valence-electron chi connectivity index (χ1n) is 16.9. The van der Waals surface area contributed by atoms with Crippen molar-refractivity contribution < 1.29 is 18.4 Å². The fraction of sp³-hybridized carbons (Fsp3) is 0.543. The van der Waals surface area contributed by atoms with Crippen LogP contribution in [0.2, 0.25) is 0 Å². The Hall–Kier alpha value is -3.86. The number of nitrogens with two attached hydrogens (primary N) is 1. The lowest BCUT2D eigenvalue weighted by Gasteiger charge is -2.37. The van der Waals surface area contributed by atoms with Crippen LogP contribution in [-0.4, -0.2) is 60.1 Å². The van der Waals surface area contributed by atoms with Gasteiger partial charge in [0.2, 0.25) is 5.91 Å². The molecule has 4 aliphatic rings. The molecule has 4 aromatic rings. The SMILES string of the molecule is CCn1c(-c2cc3ccc4nc3n2CCCCC[C@]2(F)C[C@H]2C(=O)N[C@@H]4C)nc2cc(C(=O)N3C[C@H](N)[C@@H]4CC[C@H]3C4)cc(F)c21. The third-order valence-electron chi connectivity index (χ3n) is 11.1. The van der Waals surface area contributed by atoms with Crippen molar-refractivity contribution in [1.29, 1.82) is 0 Å². The van der Waals surface area contributed by atoms with E-state index in [1.807, 2.05) is 41.5 Å². The predicted octanol–water partition coefficient (Wildman–Crippen LogP) is 5.64. The molecule has 242 valence electrons. The number of halogens is 2. The number of nitrogens with one attached hydrogen (secondary N) is 1. The van der Waals surface area contributed by atoms with Crippen LogP contribution in [0.1, 0.15) is 87.3 Å². The first kappa shape index (κ1) is 29.5. The smallest absolute Gasteiger partial charge is 0.254 e. The van der Waals surface area contributed by atoms with Gasteiger partial charge in [-0.05, 0) is 88.6 Å². The summed E-state index contributed by atoms with van der Waals surface area (Å²) in [5.74, 6) is -0.446. The van der Waals surface area contributed by atoms with E-state index < -0.39 is 17.4 Å². The number of alkyl halides is 1. The van der Waals surface area contributed by atoms with Crippen molar-refractivity contribution in [1.82, 2.24) is 29.3 Å². The van der Waals surface area contributed by atoms with Gasteiger partial charge >= 0.3 is 0 Å². The molecule has 9 nitrogen and oxygen atoms in total. The van der Waals surface area contributed by atoms with Crippen LogP contribution in [0.3, 0.4) is 0 Å². The number of piperidine rings is 1. The fourth-order valence-electron chi connectivity index (χ4n) is 8.38. The van der Waals surface area contributed by atoms with E-state index in [1.165, 1.54) is 6.07 Å². The minimum Gasteiger partial charge on any atom is -0.348 e. The van der Waals surface area contributed by atoms with Crippen molar-refractivity contribution in [2.45, 2.75) is 102 Å². The maximum Gasteiger partial charge on any atom is 0.254 e. The number of imidazole rings is 1. The average Bonchev–Trinajstić information content (AvgIpc) is 3.35. The van der Waals surface area contributed by atoms with E-state index in [0.717, 1.165) is 48.8 Å². The minimum atomic E-state index is -1.41. The van der Waals surface area contributed by atoms with E-state index in [9.17, 15) is 9.59 Å². The second-order valence-corrected chi connectivity index (χ2v) is 14.0. The molecule has 2 aliphatic carbocycles. The number of pyridine rings is 1. The monoisotopic (exact) mass is 629 g/mol. The van der Waals surface area contributed by atoms with Gasteiger partial charge in [-0.2, -0.15) is 0 Å². The molecule has 0 unspecified atom stereocenters. The third-order valence-corrected chi connectivity index (χ3v) is 11.1. The predicted molar refractivity (Wildman–Crippen MR) is 171 cm³/mol. The standard InChI is InChI=1S/C35H41F2N7O2/c1-3-42-30-25(36)14-22(34(46)44-18-26(38)20-7-9-23(44)13-20)15-28(30)41-32(42)29-16-21-8-10-27-19(2)39-33(45)24-17-35(24,37)11-5-4-6-12-43(29)31(21)40-27/h8,10,14-16,19-20,23-24,26H,3-7,9,11-13,17-18,38H2,1-2H3,(H,39,45)/t19-,20-,23+,24+,26+,35+/m1/s1. The van der Waals surface area contributed by atoms with Crippen molar-refractivity contribution in [3.63, 3.8) is 0 Å². The van der Waals surface area contributed by atoms with Crippen molar-refractivity contribution in [3.05, 3.63) is 47.4 Å². The van der Waals surface area contributed by atoms with Crippen molar-refractivity contribution in [2.24, 2.45) is 17.6 Å². The molecule has 1 aromatic carbocycles. The van der Waals surface area contributed by atoms with Crippen LogP contribution >= 0.6 is 0 Å². The Morgan fingerprint density at radius 3 is 2.83 bits per heavy atom.